The number of nitrogens with two attached hydrogens (primary N) is 2. The zero-order valence-corrected chi connectivity index (χ0v) is 12.1. The van der Waals surface area contributed by atoms with Gasteiger partial charge in [-0.05, 0) is 30.3 Å². The van der Waals surface area contributed by atoms with Gasteiger partial charge in [-0.1, -0.05) is 12.1 Å². The third kappa shape index (κ3) is 2.08. The van der Waals surface area contributed by atoms with Gasteiger partial charge in [-0.15, -0.1) is 0 Å². The lowest BCUT2D eigenvalue weighted by molar-refractivity contribution is 0.100. The van der Waals surface area contributed by atoms with E-state index in [0.717, 1.165) is 27.5 Å². The van der Waals surface area contributed by atoms with Crippen LogP contribution in [0.15, 0.2) is 48.8 Å². The van der Waals surface area contributed by atoms with Gasteiger partial charge in [-0.2, -0.15) is 0 Å². The van der Waals surface area contributed by atoms with Crippen molar-refractivity contribution in [1.82, 2.24) is 15.0 Å². The van der Waals surface area contributed by atoms with Crippen molar-refractivity contribution in [2.45, 2.75) is 0 Å². The highest BCUT2D eigenvalue weighted by molar-refractivity contribution is 6.13. The van der Waals surface area contributed by atoms with Gasteiger partial charge in [0.15, 0.2) is 0 Å². The Kier molecular flexibility index (Phi) is 2.77. The summed E-state index contributed by atoms with van der Waals surface area (Å²) in [6, 6.07) is 12.8. The maximum Gasteiger partial charge on any atom is 0.248 e. The SMILES string of the molecule is NC(=O)c1ccc2[nH]c3ncnc(-c4cccc(N)c4)c3c2c1. The van der Waals surface area contributed by atoms with Crippen molar-refractivity contribution < 1.29 is 4.79 Å². The topological polar surface area (TPSA) is 111 Å². The molecule has 0 saturated carbocycles. The number of amides is 1. The molecule has 0 unspecified atom stereocenters. The fourth-order valence-electron chi connectivity index (χ4n) is 2.78. The van der Waals surface area contributed by atoms with Crippen LogP contribution in [0.1, 0.15) is 10.4 Å². The van der Waals surface area contributed by atoms with Crippen molar-refractivity contribution >= 4 is 33.5 Å². The molecule has 0 aliphatic heterocycles. The summed E-state index contributed by atoms with van der Waals surface area (Å²) >= 11 is 0. The molecule has 0 spiro atoms. The zero-order chi connectivity index (χ0) is 16.0. The Labute approximate surface area is 131 Å². The average Bonchev–Trinajstić information content (AvgIpc) is 2.92. The van der Waals surface area contributed by atoms with Crippen LogP contribution < -0.4 is 11.5 Å². The molecule has 2 aromatic heterocycles. The van der Waals surface area contributed by atoms with Crippen LogP contribution in [0.5, 0.6) is 0 Å². The third-order valence-electron chi connectivity index (χ3n) is 3.83. The van der Waals surface area contributed by atoms with Crippen molar-refractivity contribution in [3.05, 3.63) is 54.4 Å². The number of carbonyl (C=O) groups excluding carboxylic acids is 1. The number of anilines is 1. The smallest absolute Gasteiger partial charge is 0.248 e. The highest BCUT2D eigenvalue weighted by Gasteiger charge is 2.14. The Bertz CT molecular complexity index is 1070. The minimum absolute atomic E-state index is 0.445. The van der Waals surface area contributed by atoms with Crippen LogP contribution in [0.25, 0.3) is 33.2 Å². The number of H-pyrrole nitrogens is 1. The second-order valence-corrected chi connectivity index (χ2v) is 5.32. The molecule has 112 valence electrons. The second kappa shape index (κ2) is 4.81. The first kappa shape index (κ1) is 13.3. The van der Waals surface area contributed by atoms with Gasteiger partial charge < -0.3 is 16.5 Å². The molecule has 6 heteroatoms. The highest BCUT2D eigenvalue weighted by atomic mass is 16.1. The van der Waals surface area contributed by atoms with Crippen LogP contribution in [0.2, 0.25) is 0 Å². The number of hydrogen-bond donors (Lipinski definition) is 3. The van der Waals surface area contributed by atoms with E-state index in [1.807, 2.05) is 30.3 Å². The van der Waals surface area contributed by atoms with E-state index in [4.69, 9.17) is 11.5 Å². The number of primary amides is 1. The summed E-state index contributed by atoms with van der Waals surface area (Å²) in [4.78, 5) is 23.4. The summed E-state index contributed by atoms with van der Waals surface area (Å²) < 4.78 is 0. The number of nitrogen functional groups attached to an aromatic ring is 1. The first-order valence-corrected chi connectivity index (χ1v) is 7.05. The quantitative estimate of drug-likeness (QED) is 0.494. The van der Waals surface area contributed by atoms with E-state index >= 15 is 0 Å². The molecule has 4 rings (SSSR count). The van der Waals surface area contributed by atoms with Gasteiger partial charge >= 0.3 is 0 Å². The number of carbonyl (C=O) groups is 1. The van der Waals surface area contributed by atoms with Crippen molar-refractivity contribution in [1.29, 1.82) is 0 Å². The van der Waals surface area contributed by atoms with E-state index in [2.05, 4.69) is 15.0 Å². The molecule has 1 amide bonds. The van der Waals surface area contributed by atoms with Gasteiger partial charge in [0.1, 0.15) is 12.0 Å². The van der Waals surface area contributed by atoms with E-state index in [1.54, 1.807) is 12.1 Å². The molecule has 0 atom stereocenters. The Morgan fingerprint density at radius 2 is 1.96 bits per heavy atom. The molecule has 0 aliphatic carbocycles. The number of rotatable bonds is 2. The summed E-state index contributed by atoms with van der Waals surface area (Å²) in [5.74, 6) is -0.469. The maximum absolute atomic E-state index is 11.5. The van der Waals surface area contributed by atoms with Crippen LogP contribution >= 0.6 is 0 Å². The molecule has 0 aliphatic rings. The van der Waals surface area contributed by atoms with E-state index in [-0.39, 0.29) is 0 Å². The van der Waals surface area contributed by atoms with Gasteiger partial charge in [0.25, 0.3) is 0 Å². The lowest BCUT2D eigenvalue weighted by Crippen LogP contribution is -2.10. The predicted molar refractivity (Wildman–Crippen MR) is 89.8 cm³/mol. The minimum atomic E-state index is -0.469. The molecule has 0 bridgehead atoms. The number of nitrogens with one attached hydrogen (secondary N) is 1. The van der Waals surface area contributed by atoms with Crippen LogP contribution in [0, 0.1) is 0 Å². The Morgan fingerprint density at radius 3 is 2.74 bits per heavy atom. The molecule has 0 radical (unpaired) electrons. The summed E-state index contributed by atoms with van der Waals surface area (Å²) in [6.07, 6.45) is 1.51. The lowest BCUT2D eigenvalue weighted by atomic mass is 10.0. The molecular formula is C17H13N5O. The van der Waals surface area contributed by atoms with Crippen molar-refractivity contribution in [3.63, 3.8) is 0 Å². The Morgan fingerprint density at radius 1 is 1.09 bits per heavy atom. The number of nitrogens with zero attached hydrogens (tertiary/aromatic N) is 2. The van der Waals surface area contributed by atoms with Crippen molar-refractivity contribution in [3.8, 4) is 11.3 Å². The summed E-state index contributed by atoms with van der Waals surface area (Å²) in [7, 11) is 0. The summed E-state index contributed by atoms with van der Waals surface area (Å²) in [5.41, 5.74) is 15.6. The molecule has 0 saturated heterocycles. The molecule has 6 nitrogen and oxygen atoms in total. The zero-order valence-electron chi connectivity index (χ0n) is 12.1. The van der Waals surface area contributed by atoms with Gasteiger partial charge in [-0.25, -0.2) is 9.97 Å². The predicted octanol–water partition coefficient (Wildman–Crippen LogP) is 2.46. The summed E-state index contributed by atoms with van der Waals surface area (Å²) in [6.45, 7) is 0. The first-order chi connectivity index (χ1) is 11.1. The largest absolute Gasteiger partial charge is 0.399 e. The average molecular weight is 303 g/mol. The number of hydrogen-bond acceptors (Lipinski definition) is 4. The van der Waals surface area contributed by atoms with E-state index in [0.29, 0.717) is 16.9 Å². The first-order valence-electron chi connectivity index (χ1n) is 7.05. The molecule has 23 heavy (non-hydrogen) atoms. The number of fused-ring (bicyclic) bond motifs is 3. The maximum atomic E-state index is 11.5. The van der Waals surface area contributed by atoms with Crippen LogP contribution in [0.4, 0.5) is 5.69 Å². The molecule has 4 aromatic rings. The van der Waals surface area contributed by atoms with Crippen LogP contribution in [-0.2, 0) is 0 Å². The van der Waals surface area contributed by atoms with Gasteiger partial charge in [0.2, 0.25) is 5.91 Å². The fourth-order valence-corrected chi connectivity index (χ4v) is 2.78. The number of benzene rings is 2. The molecule has 2 heterocycles. The van der Waals surface area contributed by atoms with E-state index < -0.39 is 5.91 Å². The van der Waals surface area contributed by atoms with E-state index in [1.165, 1.54) is 6.33 Å². The van der Waals surface area contributed by atoms with E-state index in [9.17, 15) is 4.79 Å². The standard InChI is InChI=1S/C17H13N5O/c18-11-3-1-2-9(6-11)15-14-12-7-10(16(19)23)4-5-13(12)22-17(14)21-8-20-15/h1-8H,18H2,(H2,19,23)(H,20,21,22). The van der Waals surface area contributed by atoms with Crippen LogP contribution in [0.3, 0.4) is 0 Å². The minimum Gasteiger partial charge on any atom is -0.399 e. The van der Waals surface area contributed by atoms with Crippen molar-refractivity contribution in [2.75, 3.05) is 5.73 Å². The van der Waals surface area contributed by atoms with Gasteiger partial charge in [-0.3, -0.25) is 4.79 Å². The molecular weight excluding hydrogens is 290 g/mol. The van der Waals surface area contributed by atoms with Gasteiger partial charge in [0, 0.05) is 27.7 Å². The summed E-state index contributed by atoms with van der Waals surface area (Å²) in [5, 5.41) is 1.70. The fraction of sp³-hybridized carbons (Fsp3) is 0. The Balaban J connectivity index is 2.10. The lowest BCUT2D eigenvalue weighted by Gasteiger charge is -2.04. The second-order valence-electron chi connectivity index (χ2n) is 5.32. The highest BCUT2D eigenvalue weighted by Crippen LogP contribution is 2.32. The molecule has 5 N–H and O–H groups in total. The van der Waals surface area contributed by atoms with Crippen LogP contribution in [-0.4, -0.2) is 20.9 Å². The normalized spacial score (nSPS) is 11.1. The Hall–Kier alpha value is -3.41. The third-order valence-corrected chi connectivity index (χ3v) is 3.83. The van der Waals surface area contributed by atoms with Crippen molar-refractivity contribution in [2.24, 2.45) is 5.73 Å². The van der Waals surface area contributed by atoms with Gasteiger partial charge in [0.05, 0.1) is 11.1 Å². The monoisotopic (exact) mass is 303 g/mol. The number of aromatic amines is 1. The molecule has 0 fully saturated rings. The number of aromatic nitrogens is 3. The molecule has 2 aromatic carbocycles.